The van der Waals surface area contributed by atoms with Gasteiger partial charge in [0.2, 0.25) is 5.78 Å². The number of aliphatic hydroxyl groups is 1. The Morgan fingerprint density at radius 2 is 2.00 bits per heavy atom. The van der Waals surface area contributed by atoms with Crippen molar-refractivity contribution in [1.82, 2.24) is 23.9 Å². The number of imidazole rings is 2. The number of hydrogen-bond acceptors (Lipinski definition) is 10. The molecule has 194 valence electrons. The second kappa shape index (κ2) is 8.77. The number of H-pyrrole nitrogens is 1. The number of rotatable bonds is 4. The van der Waals surface area contributed by atoms with Crippen molar-refractivity contribution in [2.24, 2.45) is 0 Å². The maximum absolute atomic E-state index is 13.6. The number of phosphoric ester groups is 1. The second-order valence-corrected chi connectivity index (χ2v) is 12.1. The molecule has 2 saturated heterocycles. The molecule has 0 amide bonds. The average Bonchev–Trinajstić information content (AvgIpc) is 3.67. The highest BCUT2D eigenvalue weighted by Gasteiger charge is 2.51. The molecule has 1 saturated carbocycles. The van der Waals surface area contributed by atoms with E-state index in [9.17, 15) is 19.4 Å². The van der Waals surface area contributed by atoms with Crippen molar-refractivity contribution >= 4 is 36.5 Å². The summed E-state index contributed by atoms with van der Waals surface area (Å²) in [6.45, 7) is -0.270. The van der Waals surface area contributed by atoms with Gasteiger partial charge in [-0.05, 0) is 18.4 Å². The number of nitrogens with zero attached hydrogens (tertiary/aromatic N) is 4. The number of hydrogen-bond donors (Lipinski definition) is 2. The van der Waals surface area contributed by atoms with Gasteiger partial charge >= 0.3 is 1.43 Å². The Bertz CT molecular complexity index is 1600. The monoisotopic (exact) mass is 545 g/mol. The van der Waals surface area contributed by atoms with Crippen LogP contribution in [-0.4, -0.2) is 59.2 Å². The molecule has 14 heteroatoms. The second-order valence-electron chi connectivity index (χ2n) is 9.47. The summed E-state index contributed by atoms with van der Waals surface area (Å²) in [7, 11) is -4.54. The van der Waals surface area contributed by atoms with Crippen LogP contribution in [0.1, 0.15) is 33.3 Å². The molecule has 1 aromatic carbocycles. The summed E-state index contributed by atoms with van der Waals surface area (Å²) in [5.41, 5.74) is 1.61. The molecule has 5 atom stereocenters. The van der Waals surface area contributed by atoms with Crippen LogP contribution in [0.15, 0.2) is 46.5 Å². The van der Waals surface area contributed by atoms with Crippen molar-refractivity contribution in [3.05, 3.63) is 46.9 Å². The molecule has 3 aliphatic rings. The van der Waals surface area contributed by atoms with Crippen molar-refractivity contribution in [2.75, 3.05) is 6.61 Å². The fourth-order valence-corrected chi connectivity index (χ4v) is 7.55. The van der Waals surface area contributed by atoms with Crippen molar-refractivity contribution in [1.29, 1.82) is 0 Å². The van der Waals surface area contributed by atoms with Gasteiger partial charge in [-0.1, -0.05) is 54.9 Å². The average molecular weight is 546 g/mol. The first-order valence-corrected chi connectivity index (χ1v) is 14.4. The third kappa shape index (κ3) is 3.97. The maximum Gasteiger partial charge on any atom is 1.00 e. The van der Waals surface area contributed by atoms with Gasteiger partial charge in [-0.15, -0.1) is 0 Å². The number of fused-ring (bicyclic) bond motifs is 3. The fraction of sp³-hybridized carbons (Fsp3) is 0.435. The number of ether oxygens (including phenoxy) is 1. The lowest BCUT2D eigenvalue weighted by molar-refractivity contribution is -0.245. The van der Waals surface area contributed by atoms with E-state index in [4.69, 9.17) is 18.8 Å². The van der Waals surface area contributed by atoms with E-state index in [1.807, 2.05) is 30.3 Å². The normalized spacial score (nSPS) is 30.4. The Labute approximate surface area is 215 Å². The molecule has 2 N–H and O–H groups in total. The highest BCUT2D eigenvalue weighted by Crippen LogP contribution is 2.50. The van der Waals surface area contributed by atoms with Crippen LogP contribution >= 0.6 is 19.6 Å². The molecule has 0 spiro atoms. The van der Waals surface area contributed by atoms with Crippen LogP contribution in [0.5, 0.6) is 0 Å². The standard InChI is InChI=1S/C23H24N5O7PS/c29-17-18-15(11-33-36(31,32)35-18)34-21(17)28-19-16(25-23(28)37-13-8-4-5-9-13)20(30)27-10-14(24-22(27)26-19)12-6-2-1-3-7-12/h1-3,6-7,10,13,15,17-18,21,29H,4-5,8-9,11H2,(H,24,26)(H,31,32)/t15?,17?,18-,21-/m1/s1. The highest BCUT2D eigenvalue weighted by atomic mass is 32.2. The van der Waals surface area contributed by atoms with E-state index < -0.39 is 32.4 Å². The minimum Gasteiger partial charge on any atom is -0.756 e. The van der Waals surface area contributed by atoms with Gasteiger partial charge in [0.25, 0.3) is 13.4 Å². The summed E-state index contributed by atoms with van der Waals surface area (Å²) in [6.07, 6.45) is 1.58. The quantitative estimate of drug-likeness (QED) is 0.365. The topological polar surface area (TPSA) is 156 Å². The van der Waals surface area contributed by atoms with Gasteiger partial charge in [0.15, 0.2) is 22.5 Å². The number of aliphatic hydroxyl groups excluding tert-OH is 1. The third-order valence-electron chi connectivity index (χ3n) is 7.09. The van der Waals surface area contributed by atoms with Crippen LogP contribution in [0.2, 0.25) is 0 Å². The molecule has 12 nitrogen and oxygen atoms in total. The summed E-state index contributed by atoms with van der Waals surface area (Å²) in [4.78, 5) is 38.0. The molecule has 3 fully saturated rings. The Morgan fingerprint density at radius 3 is 2.78 bits per heavy atom. The van der Waals surface area contributed by atoms with E-state index in [2.05, 4.69) is 9.97 Å². The number of thioether (sulfide) groups is 1. The van der Waals surface area contributed by atoms with E-state index in [-0.39, 0.29) is 24.8 Å². The van der Waals surface area contributed by atoms with Crippen LogP contribution < -0.4 is 10.5 Å². The minimum absolute atomic E-state index is 0. The fourth-order valence-electron chi connectivity index (χ4n) is 5.28. The summed E-state index contributed by atoms with van der Waals surface area (Å²) >= 11 is 1.52. The Kier molecular flexibility index (Phi) is 5.59. The number of benzene rings is 1. The van der Waals surface area contributed by atoms with Gasteiger partial charge in [0.1, 0.15) is 18.3 Å². The van der Waals surface area contributed by atoms with E-state index in [0.717, 1.165) is 31.2 Å². The predicted molar refractivity (Wildman–Crippen MR) is 132 cm³/mol. The predicted octanol–water partition coefficient (Wildman–Crippen LogP) is 2.33. The summed E-state index contributed by atoms with van der Waals surface area (Å²) in [6, 6.07) is 9.56. The molecule has 0 bridgehead atoms. The zero-order valence-corrected chi connectivity index (χ0v) is 21.1. The zero-order valence-electron chi connectivity index (χ0n) is 20.4. The number of phosphoric acid groups is 1. The SMILES string of the molecule is O=c1c2nc(SC3CCCC3)n([C@@H]3OC4COP(=O)([O-])O[C@H]4C3O)c2nc2[nH]c(-c3ccccc3)cn12.[H+]. The van der Waals surface area contributed by atoms with E-state index in [1.54, 1.807) is 10.8 Å². The molecule has 0 radical (unpaired) electrons. The zero-order chi connectivity index (χ0) is 25.3. The van der Waals surface area contributed by atoms with Crippen LogP contribution in [0, 0.1) is 0 Å². The number of aromatic nitrogens is 5. The molecular formula is C23H24N5O7PS. The van der Waals surface area contributed by atoms with Crippen molar-refractivity contribution in [3.63, 3.8) is 0 Å². The van der Waals surface area contributed by atoms with Crippen LogP contribution in [-0.2, 0) is 18.3 Å². The largest absolute Gasteiger partial charge is 1.00 e. The number of aromatic amines is 1. The lowest BCUT2D eigenvalue weighted by Crippen LogP contribution is -2.41. The van der Waals surface area contributed by atoms with Crippen molar-refractivity contribution < 1.29 is 29.8 Å². The molecule has 3 unspecified atom stereocenters. The Morgan fingerprint density at radius 1 is 1.22 bits per heavy atom. The van der Waals surface area contributed by atoms with E-state index in [1.165, 1.54) is 16.2 Å². The van der Waals surface area contributed by atoms with Gasteiger partial charge in [-0.2, -0.15) is 4.98 Å². The van der Waals surface area contributed by atoms with Gasteiger partial charge in [-0.3, -0.25) is 13.9 Å². The molecular weight excluding hydrogens is 521 g/mol. The van der Waals surface area contributed by atoms with Crippen LogP contribution in [0.4, 0.5) is 0 Å². The molecule has 2 aliphatic heterocycles. The summed E-state index contributed by atoms with van der Waals surface area (Å²) in [5.74, 6) is 0.309. The first-order valence-electron chi connectivity index (χ1n) is 12.1. The molecule has 5 heterocycles. The molecule has 7 rings (SSSR count). The van der Waals surface area contributed by atoms with Crippen LogP contribution in [0.25, 0.3) is 28.2 Å². The van der Waals surface area contributed by atoms with Crippen molar-refractivity contribution in [2.45, 2.75) is 60.6 Å². The van der Waals surface area contributed by atoms with Gasteiger partial charge < -0.3 is 28.8 Å². The molecule has 3 aromatic heterocycles. The molecule has 4 aromatic rings. The summed E-state index contributed by atoms with van der Waals surface area (Å²) in [5, 5.41) is 11.9. The van der Waals surface area contributed by atoms with E-state index >= 15 is 0 Å². The van der Waals surface area contributed by atoms with Gasteiger partial charge in [-0.25, -0.2) is 9.38 Å². The van der Waals surface area contributed by atoms with E-state index in [0.29, 0.717) is 21.9 Å². The smallest absolute Gasteiger partial charge is 0.756 e. The minimum atomic E-state index is -4.54. The first kappa shape index (κ1) is 23.6. The molecule has 1 aliphatic carbocycles. The lowest BCUT2D eigenvalue weighted by atomic mass is 10.1. The first-order chi connectivity index (χ1) is 17.9. The third-order valence-corrected chi connectivity index (χ3v) is 9.36. The molecule has 37 heavy (non-hydrogen) atoms. The van der Waals surface area contributed by atoms with Gasteiger partial charge in [0.05, 0.1) is 12.3 Å². The lowest BCUT2D eigenvalue weighted by Gasteiger charge is -2.34. The summed E-state index contributed by atoms with van der Waals surface area (Å²) < 4.78 is 30.8. The Balaban J connectivity index is 0.00000264. The maximum atomic E-state index is 13.6. The number of nitrogens with one attached hydrogen (secondary N) is 1. The van der Waals surface area contributed by atoms with Crippen LogP contribution in [0.3, 0.4) is 0 Å². The van der Waals surface area contributed by atoms with Crippen molar-refractivity contribution in [3.8, 4) is 11.3 Å². The Hall–Kier alpha value is -2.51. The van der Waals surface area contributed by atoms with Gasteiger partial charge in [0, 0.05) is 11.4 Å². The highest BCUT2D eigenvalue weighted by molar-refractivity contribution is 7.99.